The summed E-state index contributed by atoms with van der Waals surface area (Å²) in [6.45, 7) is 0. The highest BCUT2D eigenvalue weighted by molar-refractivity contribution is 7.98. The smallest absolute Gasteiger partial charge is 0.0376 e. The summed E-state index contributed by atoms with van der Waals surface area (Å²) >= 11 is 1.95. The Morgan fingerprint density at radius 3 is 2.64 bits per heavy atom. The Morgan fingerprint density at radius 1 is 1.55 bits per heavy atom. The van der Waals surface area contributed by atoms with E-state index in [0.29, 0.717) is 0 Å². The molecule has 2 N–H and O–H groups in total. The van der Waals surface area contributed by atoms with Crippen molar-refractivity contribution in [1.29, 1.82) is 0 Å². The van der Waals surface area contributed by atoms with Crippen molar-refractivity contribution in [2.75, 3.05) is 12.0 Å². The number of hydrazone groups is 1. The Labute approximate surface area is 72.6 Å². The van der Waals surface area contributed by atoms with E-state index in [4.69, 9.17) is 5.84 Å². The number of nitrogens with zero attached hydrogens (tertiary/aromatic N) is 1. The molecule has 1 rings (SSSR count). The molecular weight excluding hydrogens is 156 g/mol. The third-order valence-corrected chi connectivity index (χ3v) is 3.07. The van der Waals surface area contributed by atoms with Crippen molar-refractivity contribution in [1.82, 2.24) is 0 Å². The lowest BCUT2D eigenvalue weighted by Crippen LogP contribution is -2.16. The van der Waals surface area contributed by atoms with E-state index in [9.17, 15) is 0 Å². The van der Waals surface area contributed by atoms with Gasteiger partial charge in [-0.1, -0.05) is 0 Å². The number of hydrogen-bond acceptors (Lipinski definition) is 3. The first kappa shape index (κ1) is 8.91. The van der Waals surface area contributed by atoms with E-state index >= 15 is 0 Å². The molecule has 0 heterocycles. The van der Waals surface area contributed by atoms with Gasteiger partial charge in [-0.05, 0) is 43.6 Å². The molecule has 0 spiro atoms. The zero-order valence-electron chi connectivity index (χ0n) is 7.05. The van der Waals surface area contributed by atoms with E-state index in [-0.39, 0.29) is 0 Å². The molecule has 2 nitrogen and oxygen atoms in total. The molecule has 0 amide bonds. The predicted octanol–water partition coefficient (Wildman–Crippen LogP) is 1.85. The van der Waals surface area contributed by atoms with Gasteiger partial charge in [-0.3, -0.25) is 0 Å². The molecule has 1 fully saturated rings. The van der Waals surface area contributed by atoms with Crippen LogP contribution in [-0.4, -0.2) is 17.7 Å². The second-order valence-corrected chi connectivity index (χ2v) is 4.00. The van der Waals surface area contributed by atoms with Gasteiger partial charge >= 0.3 is 0 Å². The second kappa shape index (κ2) is 4.65. The summed E-state index contributed by atoms with van der Waals surface area (Å²) in [4.78, 5) is 0. The molecular formula is C8H16N2S. The molecule has 0 aromatic rings. The lowest BCUT2D eigenvalue weighted by atomic mass is 9.89. The van der Waals surface area contributed by atoms with Crippen molar-refractivity contribution in [2.24, 2.45) is 16.9 Å². The number of hydrogen-bond donors (Lipinski definition) is 1. The van der Waals surface area contributed by atoms with Crippen LogP contribution in [0.1, 0.15) is 25.7 Å². The van der Waals surface area contributed by atoms with Gasteiger partial charge in [0.1, 0.15) is 0 Å². The molecule has 1 saturated carbocycles. The summed E-state index contributed by atoms with van der Waals surface area (Å²) in [5, 5.41) is 3.75. The molecule has 0 saturated heterocycles. The van der Waals surface area contributed by atoms with Gasteiger partial charge in [-0.15, -0.1) is 0 Å². The predicted molar refractivity (Wildman–Crippen MR) is 52.0 cm³/mol. The van der Waals surface area contributed by atoms with Crippen LogP contribution in [-0.2, 0) is 0 Å². The summed E-state index contributed by atoms with van der Waals surface area (Å²) in [5.41, 5.74) is 1.21. The molecule has 0 bridgehead atoms. The Kier molecular flexibility index (Phi) is 3.77. The van der Waals surface area contributed by atoms with Crippen LogP contribution in [0.5, 0.6) is 0 Å². The monoisotopic (exact) mass is 172 g/mol. The maximum absolute atomic E-state index is 5.21. The molecule has 1 aliphatic carbocycles. The van der Waals surface area contributed by atoms with Gasteiger partial charge in [0.05, 0.1) is 0 Å². The topological polar surface area (TPSA) is 38.4 Å². The largest absolute Gasteiger partial charge is 0.323 e. The highest BCUT2D eigenvalue weighted by Crippen LogP contribution is 2.24. The highest BCUT2D eigenvalue weighted by Gasteiger charge is 2.16. The zero-order chi connectivity index (χ0) is 8.10. The van der Waals surface area contributed by atoms with Crippen LogP contribution >= 0.6 is 11.8 Å². The summed E-state index contributed by atoms with van der Waals surface area (Å²) in [7, 11) is 0. The normalized spacial score (nSPS) is 25.2. The SMILES string of the molecule is CSCC1CCC(=NN)CC1. The molecule has 64 valence electrons. The van der Waals surface area contributed by atoms with E-state index < -0.39 is 0 Å². The standard InChI is InChI=1S/C8H16N2S/c1-11-6-7-2-4-8(10-9)5-3-7/h7H,2-6,9H2,1H3. The summed E-state index contributed by atoms with van der Waals surface area (Å²) < 4.78 is 0. The van der Waals surface area contributed by atoms with Gasteiger partial charge in [0, 0.05) is 5.71 Å². The quantitative estimate of drug-likeness (QED) is 0.510. The van der Waals surface area contributed by atoms with Crippen molar-refractivity contribution >= 4 is 17.5 Å². The molecule has 3 heteroatoms. The van der Waals surface area contributed by atoms with Crippen LogP contribution in [0.15, 0.2) is 5.10 Å². The van der Waals surface area contributed by atoms with Crippen molar-refractivity contribution in [3.05, 3.63) is 0 Å². The van der Waals surface area contributed by atoms with E-state index in [1.807, 2.05) is 11.8 Å². The molecule has 0 radical (unpaired) electrons. The second-order valence-electron chi connectivity index (χ2n) is 3.09. The van der Waals surface area contributed by atoms with Gasteiger partial charge in [0.25, 0.3) is 0 Å². The lowest BCUT2D eigenvalue weighted by molar-refractivity contribution is 0.491. The van der Waals surface area contributed by atoms with Gasteiger partial charge in [0.2, 0.25) is 0 Å². The zero-order valence-corrected chi connectivity index (χ0v) is 7.86. The number of thioether (sulfide) groups is 1. The summed E-state index contributed by atoms with van der Waals surface area (Å²) in [6.07, 6.45) is 7.00. The Bertz CT molecular complexity index is 135. The lowest BCUT2D eigenvalue weighted by Gasteiger charge is -2.21. The summed E-state index contributed by atoms with van der Waals surface area (Å²) in [5.74, 6) is 7.42. The van der Waals surface area contributed by atoms with Crippen LogP contribution < -0.4 is 5.84 Å². The fraction of sp³-hybridized carbons (Fsp3) is 0.875. The molecule has 0 unspecified atom stereocenters. The van der Waals surface area contributed by atoms with Crippen LogP contribution in [0, 0.1) is 5.92 Å². The first-order chi connectivity index (χ1) is 5.36. The highest BCUT2D eigenvalue weighted by atomic mass is 32.2. The van der Waals surface area contributed by atoms with Crippen LogP contribution in [0.4, 0.5) is 0 Å². The fourth-order valence-corrected chi connectivity index (χ4v) is 2.35. The van der Waals surface area contributed by atoms with Gasteiger partial charge in [-0.2, -0.15) is 16.9 Å². The molecule has 1 aliphatic rings. The Hall–Kier alpha value is -0.180. The van der Waals surface area contributed by atoms with Crippen molar-refractivity contribution in [3.63, 3.8) is 0 Å². The van der Waals surface area contributed by atoms with Crippen LogP contribution in [0.2, 0.25) is 0 Å². The molecule has 0 aromatic carbocycles. The Balaban J connectivity index is 2.24. The Morgan fingerprint density at radius 2 is 2.18 bits per heavy atom. The molecule has 0 aromatic heterocycles. The fourth-order valence-electron chi connectivity index (χ4n) is 1.54. The first-order valence-corrected chi connectivity index (χ1v) is 5.50. The van der Waals surface area contributed by atoms with Crippen LogP contribution in [0.3, 0.4) is 0 Å². The van der Waals surface area contributed by atoms with Crippen molar-refractivity contribution in [3.8, 4) is 0 Å². The van der Waals surface area contributed by atoms with Crippen molar-refractivity contribution in [2.45, 2.75) is 25.7 Å². The first-order valence-electron chi connectivity index (χ1n) is 4.11. The molecule has 11 heavy (non-hydrogen) atoms. The van der Waals surface area contributed by atoms with E-state index in [1.165, 1.54) is 24.3 Å². The average molecular weight is 172 g/mol. The van der Waals surface area contributed by atoms with Gasteiger partial charge in [0.15, 0.2) is 0 Å². The minimum Gasteiger partial charge on any atom is -0.323 e. The van der Waals surface area contributed by atoms with Crippen molar-refractivity contribution < 1.29 is 0 Å². The molecule has 0 aliphatic heterocycles. The van der Waals surface area contributed by atoms with E-state index in [2.05, 4.69) is 11.4 Å². The molecule has 0 atom stereocenters. The maximum Gasteiger partial charge on any atom is 0.0376 e. The van der Waals surface area contributed by atoms with Gasteiger partial charge < -0.3 is 5.84 Å². The average Bonchev–Trinajstić information content (AvgIpc) is 2.07. The minimum atomic E-state index is 0.912. The van der Waals surface area contributed by atoms with E-state index in [1.54, 1.807) is 0 Å². The van der Waals surface area contributed by atoms with Crippen LogP contribution in [0.25, 0.3) is 0 Å². The number of nitrogens with two attached hydrogens (primary N) is 1. The number of rotatable bonds is 2. The minimum absolute atomic E-state index is 0.912. The van der Waals surface area contributed by atoms with Gasteiger partial charge in [-0.25, -0.2) is 0 Å². The third-order valence-electron chi connectivity index (χ3n) is 2.27. The maximum atomic E-state index is 5.21. The van der Waals surface area contributed by atoms with E-state index in [0.717, 1.165) is 18.8 Å². The summed E-state index contributed by atoms with van der Waals surface area (Å²) in [6, 6.07) is 0. The third kappa shape index (κ3) is 2.73.